The van der Waals surface area contributed by atoms with E-state index in [1.54, 1.807) is 19.2 Å². The van der Waals surface area contributed by atoms with Crippen molar-refractivity contribution in [1.82, 2.24) is 10.6 Å². The third-order valence-electron chi connectivity index (χ3n) is 3.70. The largest absolute Gasteiger partial charge is 0.508 e. The Morgan fingerprint density at radius 3 is 2.38 bits per heavy atom. The number of halogens is 5. The maximum atomic E-state index is 12.6. The number of phenolic OH excluding ortho intramolecular Hbond substituents is 1. The second-order valence-electron chi connectivity index (χ2n) is 5.53. The van der Waals surface area contributed by atoms with Gasteiger partial charge in [-0.2, -0.15) is 8.78 Å². The third-order valence-corrected chi connectivity index (χ3v) is 4.19. The fourth-order valence-electron chi connectivity index (χ4n) is 2.37. The SMILES string of the molecule is CN=C(NCc1cc(OC)ccc1O)NCc1cc(Cl)cc(Cl)c1OC(F)F.I. The Morgan fingerprint density at radius 1 is 1.14 bits per heavy atom. The molecule has 0 aliphatic rings. The molecule has 0 aliphatic carbocycles. The van der Waals surface area contributed by atoms with Gasteiger partial charge in [-0.25, -0.2) is 0 Å². The first-order valence-corrected chi connectivity index (χ1v) is 8.82. The lowest BCUT2D eigenvalue weighted by Crippen LogP contribution is -2.36. The topological polar surface area (TPSA) is 75.1 Å². The Kier molecular flexibility index (Phi) is 10.5. The average Bonchev–Trinajstić information content (AvgIpc) is 2.65. The van der Waals surface area contributed by atoms with Gasteiger partial charge in [-0.1, -0.05) is 23.2 Å². The molecule has 0 bridgehead atoms. The van der Waals surface area contributed by atoms with Crippen molar-refractivity contribution in [2.45, 2.75) is 19.7 Å². The van der Waals surface area contributed by atoms with E-state index in [9.17, 15) is 13.9 Å². The van der Waals surface area contributed by atoms with Crippen LogP contribution in [0.1, 0.15) is 11.1 Å². The summed E-state index contributed by atoms with van der Waals surface area (Å²) in [6, 6.07) is 7.64. The van der Waals surface area contributed by atoms with E-state index in [4.69, 9.17) is 27.9 Å². The molecule has 0 saturated carbocycles. The van der Waals surface area contributed by atoms with Crippen LogP contribution in [0.2, 0.25) is 10.0 Å². The third kappa shape index (κ3) is 7.56. The van der Waals surface area contributed by atoms with Crippen molar-refractivity contribution in [2.24, 2.45) is 4.99 Å². The minimum atomic E-state index is -3.02. The number of guanidine groups is 1. The molecule has 0 saturated heterocycles. The molecular formula is C18H20Cl2F2IN3O3. The summed E-state index contributed by atoms with van der Waals surface area (Å²) >= 11 is 11.9. The quantitative estimate of drug-likeness (QED) is 0.257. The second-order valence-corrected chi connectivity index (χ2v) is 6.37. The highest BCUT2D eigenvalue weighted by Crippen LogP contribution is 2.33. The highest BCUT2D eigenvalue weighted by molar-refractivity contribution is 14.0. The molecule has 0 radical (unpaired) electrons. The van der Waals surface area contributed by atoms with Gasteiger partial charge in [0.05, 0.1) is 12.1 Å². The summed E-state index contributed by atoms with van der Waals surface area (Å²) in [6.45, 7) is -2.70. The highest BCUT2D eigenvalue weighted by atomic mass is 127. The molecular weight excluding hydrogens is 542 g/mol. The van der Waals surface area contributed by atoms with Gasteiger partial charge in [-0.3, -0.25) is 4.99 Å². The van der Waals surface area contributed by atoms with E-state index in [0.29, 0.717) is 22.8 Å². The number of phenols is 1. The van der Waals surface area contributed by atoms with Crippen LogP contribution in [0.4, 0.5) is 8.78 Å². The van der Waals surface area contributed by atoms with Crippen LogP contribution in [0, 0.1) is 0 Å². The first kappa shape index (κ1) is 25.3. The van der Waals surface area contributed by atoms with E-state index in [-0.39, 0.29) is 58.6 Å². The number of benzene rings is 2. The zero-order valence-corrected chi connectivity index (χ0v) is 19.4. The van der Waals surface area contributed by atoms with E-state index in [0.717, 1.165) is 0 Å². The normalized spacial score (nSPS) is 11.1. The monoisotopic (exact) mass is 561 g/mol. The molecule has 29 heavy (non-hydrogen) atoms. The number of hydrogen-bond acceptors (Lipinski definition) is 4. The molecule has 2 aromatic rings. The lowest BCUT2D eigenvalue weighted by Gasteiger charge is -2.16. The molecule has 0 unspecified atom stereocenters. The number of alkyl halides is 2. The molecule has 0 amide bonds. The Labute approximate surface area is 194 Å². The van der Waals surface area contributed by atoms with Crippen molar-refractivity contribution in [1.29, 1.82) is 0 Å². The highest BCUT2D eigenvalue weighted by Gasteiger charge is 2.15. The van der Waals surface area contributed by atoms with Crippen LogP contribution in [-0.2, 0) is 13.1 Å². The predicted octanol–water partition coefficient (Wildman–Crippen LogP) is 4.79. The van der Waals surface area contributed by atoms with Gasteiger partial charge in [0.2, 0.25) is 0 Å². The Bertz CT molecular complexity index is 857. The maximum absolute atomic E-state index is 12.6. The summed E-state index contributed by atoms with van der Waals surface area (Å²) in [6.07, 6.45) is 0. The van der Waals surface area contributed by atoms with E-state index in [1.165, 1.54) is 25.3 Å². The standard InChI is InChI=1S/C18H19Cl2F2N3O3.HI/c1-23-18(24-8-10-6-13(27-2)3-4-15(10)26)25-9-11-5-12(19)7-14(20)16(11)28-17(21)22;/h3-7,17,26H,8-9H2,1-2H3,(H2,23,24,25);1H. The number of aliphatic imine (C=N–C) groups is 1. The molecule has 0 aromatic heterocycles. The van der Waals surface area contributed by atoms with Gasteiger partial charge in [-0.15, -0.1) is 24.0 Å². The first-order chi connectivity index (χ1) is 13.3. The molecule has 0 spiro atoms. The number of aromatic hydroxyl groups is 1. The summed E-state index contributed by atoms with van der Waals surface area (Å²) < 4.78 is 34.9. The van der Waals surface area contributed by atoms with Crippen LogP contribution in [-0.4, -0.2) is 31.8 Å². The van der Waals surface area contributed by atoms with E-state index in [1.807, 2.05) is 0 Å². The lowest BCUT2D eigenvalue weighted by atomic mass is 10.2. The molecule has 0 atom stereocenters. The second kappa shape index (κ2) is 12.1. The van der Waals surface area contributed by atoms with Crippen LogP contribution >= 0.6 is 47.2 Å². The summed E-state index contributed by atoms with van der Waals surface area (Å²) in [5, 5.41) is 16.2. The lowest BCUT2D eigenvalue weighted by molar-refractivity contribution is -0.0504. The van der Waals surface area contributed by atoms with Gasteiger partial charge in [0.25, 0.3) is 0 Å². The average molecular weight is 562 g/mol. The number of nitrogens with one attached hydrogen (secondary N) is 2. The zero-order valence-electron chi connectivity index (χ0n) is 15.5. The molecule has 2 aromatic carbocycles. The van der Waals surface area contributed by atoms with Crippen LogP contribution < -0.4 is 20.1 Å². The Morgan fingerprint density at radius 2 is 1.79 bits per heavy atom. The Balaban J connectivity index is 0.00000420. The molecule has 0 aliphatic heterocycles. The number of nitrogens with zero attached hydrogens (tertiary/aromatic N) is 1. The fraction of sp³-hybridized carbons (Fsp3) is 0.278. The van der Waals surface area contributed by atoms with Crippen molar-refractivity contribution in [3.8, 4) is 17.2 Å². The van der Waals surface area contributed by atoms with Gasteiger partial charge in [0.15, 0.2) is 5.96 Å². The van der Waals surface area contributed by atoms with E-state index >= 15 is 0 Å². The van der Waals surface area contributed by atoms with Crippen LogP contribution in [0.5, 0.6) is 17.2 Å². The smallest absolute Gasteiger partial charge is 0.387 e. The van der Waals surface area contributed by atoms with Crippen molar-refractivity contribution in [3.05, 3.63) is 51.5 Å². The molecule has 2 rings (SSSR count). The zero-order chi connectivity index (χ0) is 20.7. The summed E-state index contributed by atoms with van der Waals surface area (Å²) in [7, 11) is 3.07. The van der Waals surface area contributed by atoms with Crippen molar-refractivity contribution in [2.75, 3.05) is 14.2 Å². The number of ether oxygens (including phenoxy) is 2. The minimum Gasteiger partial charge on any atom is -0.508 e. The van der Waals surface area contributed by atoms with Crippen molar-refractivity contribution >= 4 is 53.1 Å². The summed E-state index contributed by atoms with van der Waals surface area (Å²) in [5.41, 5.74) is 0.930. The molecule has 0 fully saturated rings. The number of rotatable bonds is 7. The van der Waals surface area contributed by atoms with Gasteiger partial charge in [0.1, 0.15) is 17.2 Å². The van der Waals surface area contributed by atoms with E-state index < -0.39 is 6.61 Å². The predicted molar refractivity (Wildman–Crippen MR) is 120 cm³/mol. The molecule has 3 N–H and O–H groups in total. The molecule has 0 heterocycles. The van der Waals surface area contributed by atoms with E-state index in [2.05, 4.69) is 20.4 Å². The van der Waals surface area contributed by atoms with Crippen molar-refractivity contribution < 1.29 is 23.4 Å². The molecule has 160 valence electrons. The van der Waals surface area contributed by atoms with Crippen molar-refractivity contribution in [3.63, 3.8) is 0 Å². The Hall–Kier alpha value is -1.72. The van der Waals surface area contributed by atoms with Gasteiger partial charge >= 0.3 is 6.61 Å². The van der Waals surface area contributed by atoms with Crippen LogP contribution in [0.3, 0.4) is 0 Å². The fourth-order valence-corrected chi connectivity index (χ4v) is 2.96. The van der Waals surface area contributed by atoms with Crippen LogP contribution in [0.15, 0.2) is 35.3 Å². The van der Waals surface area contributed by atoms with Crippen LogP contribution in [0.25, 0.3) is 0 Å². The summed E-state index contributed by atoms with van der Waals surface area (Å²) in [4.78, 5) is 4.05. The first-order valence-electron chi connectivity index (χ1n) is 8.07. The van der Waals surface area contributed by atoms with Gasteiger partial charge in [-0.05, 0) is 30.3 Å². The maximum Gasteiger partial charge on any atom is 0.387 e. The number of methoxy groups -OCH3 is 1. The van der Waals surface area contributed by atoms with Gasteiger partial charge in [0, 0.05) is 36.3 Å². The molecule has 6 nitrogen and oxygen atoms in total. The van der Waals surface area contributed by atoms with Gasteiger partial charge < -0.3 is 25.2 Å². The number of hydrogen-bond donors (Lipinski definition) is 3. The summed E-state index contributed by atoms with van der Waals surface area (Å²) in [5.74, 6) is 0.897. The molecule has 11 heteroatoms. The minimum absolute atomic E-state index is 0.